The molecule has 4 N–H and O–H groups in total. The molecule has 0 bridgehead atoms. The number of nitrogens with zero attached hydrogens (tertiary/aromatic N) is 6. The summed E-state index contributed by atoms with van der Waals surface area (Å²) in [6.07, 6.45) is 15.0. The maximum Gasteiger partial charge on any atom is 0.317 e. The fourth-order valence-electron chi connectivity index (χ4n) is 28.0. The first-order valence-electron chi connectivity index (χ1n) is 42.7. The first kappa shape index (κ1) is 85.5. The molecule has 10 aliphatic carbocycles. The smallest absolute Gasteiger partial charge is 0.317 e. The first-order valence-corrected chi connectivity index (χ1v) is 44.2. The van der Waals surface area contributed by atoms with Crippen molar-refractivity contribution in [3.8, 4) is 17.4 Å². The number of carboxylic acids is 1. The molecule has 4 aromatic rings. The van der Waals surface area contributed by atoms with Crippen LogP contribution >= 0.6 is 46.4 Å². The van der Waals surface area contributed by atoms with Crippen molar-refractivity contribution in [2.24, 2.45) is 107 Å². The molecule has 4 heterocycles. The maximum absolute atomic E-state index is 15.3. The second-order valence-corrected chi connectivity index (χ2v) is 43.2. The molecule has 0 aromatic carbocycles. The summed E-state index contributed by atoms with van der Waals surface area (Å²) in [5.41, 5.74) is 4.46. The number of pyridine rings is 2. The highest BCUT2D eigenvalue weighted by Crippen LogP contribution is 2.80. The number of aromatic nitrogens is 6. The van der Waals surface area contributed by atoms with Gasteiger partial charge in [0, 0.05) is 59.9 Å². The Morgan fingerprint density at radius 2 is 1.01 bits per heavy atom. The van der Waals surface area contributed by atoms with E-state index in [1.54, 1.807) is 49.2 Å². The summed E-state index contributed by atoms with van der Waals surface area (Å²) in [5.74, 6) is -1.34. The van der Waals surface area contributed by atoms with Crippen molar-refractivity contribution < 1.29 is 48.1 Å². The number of Topliss-reactive ketones (excluding diaryl/α,β-unsaturated/α-hetero) is 2. The van der Waals surface area contributed by atoms with Crippen LogP contribution in [0.1, 0.15) is 264 Å². The minimum absolute atomic E-state index is 0.00777. The molecule has 0 aliphatic heterocycles. The van der Waals surface area contributed by atoms with Gasteiger partial charge in [-0.05, 0) is 252 Å². The molecule has 8 fully saturated rings. The number of ketones is 2. The van der Waals surface area contributed by atoms with E-state index in [1.165, 1.54) is 28.7 Å². The van der Waals surface area contributed by atoms with Gasteiger partial charge in [-0.1, -0.05) is 143 Å². The lowest BCUT2D eigenvalue weighted by molar-refractivity contribution is -0.232. The predicted molar refractivity (Wildman–Crippen MR) is 446 cm³/mol. The Bertz CT molecular complexity index is 4870. The molecule has 14 rings (SSSR count). The van der Waals surface area contributed by atoms with Crippen molar-refractivity contribution in [3.05, 3.63) is 105 Å². The minimum atomic E-state index is -1.42. The number of nitrogens with two attached hydrogens (primary N) is 1. The van der Waals surface area contributed by atoms with Crippen LogP contribution in [0.2, 0.25) is 20.1 Å². The number of halogens is 4. The molecule has 2 unspecified atom stereocenters. The van der Waals surface area contributed by atoms with Gasteiger partial charge in [-0.3, -0.25) is 47.7 Å². The summed E-state index contributed by atoms with van der Waals surface area (Å²) in [5, 5.41) is 13.6. The summed E-state index contributed by atoms with van der Waals surface area (Å²) in [6.45, 7) is 39.9. The van der Waals surface area contributed by atoms with E-state index in [0.29, 0.717) is 72.8 Å². The summed E-state index contributed by atoms with van der Waals surface area (Å²) in [6, 6.07) is 4.89. The van der Waals surface area contributed by atoms with Gasteiger partial charge in [0.25, 0.3) is 11.1 Å². The Morgan fingerprint density at radius 1 is 0.565 bits per heavy atom. The third kappa shape index (κ3) is 12.7. The molecule has 20 nitrogen and oxygen atoms in total. The molecule has 115 heavy (non-hydrogen) atoms. The van der Waals surface area contributed by atoms with Crippen molar-refractivity contribution in [3.63, 3.8) is 0 Å². The Morgan fingerprint density at radius 3 is 1.43 bits per heavy atom. The van der Waals surface area contributed by atoms with Crippen molar-refractivity contribution >= 4 is 81.8 Å². The van der Waals surface area contributed by atoms with Crippen LogP contribution in [0.3, 0.4) is 0 Å². The Balaban J connectivity index is 0.682. The molecule has 0 spiro atoms. The lowest BCUT2D eigenvalue weighted by Crippen LogP contribution is -2.66. The standard InChI is InChI=1S/C91H124Cl4N8O12/c1-49(2)68-55(104)43-90(36-34-86(15)52(70(68)90)21-23-60-84(13)30-28-62(114-66(106)45-80(5,6)78(110)111)82(9,10)58(84)26-32-88(60,86)17)74-72(94)77(109)103(100(74)40-38-96)65-42-57(54(93)48-99-65)113-79(112)81(7,8)46-67(107)115-63-29-31-85(14)59(83(63,11)12)27-33-89(18)61(85)24-22-53-71-69(50(3)4)56(105)44-91(71,37-35-87(53,89)16)75-73(95)76(108)102(101(75)41-39-97-19)64-25-20-51(92)47-98-64/h20,25,42,47-50,52-53,58-63,97H,21-24,26-41,43-46,96H2,1-19H3,(H,110,111)/t52-,53?,58+,59+,60-,61-,62+,63?,84+,85+,86-,87-,88-,89-,90-,91-/m1/s1. The predicted octanol–water partition coefficient (Wildman–Crippen LogP) is 18.0. The van der Waals surface area contributed by atoms with Gasteiger partial charge in [0.15, 0.2) is 29.0 Å². The zero-order valence-electron chi connectivity index (χ0n) is 71.3. The van der Waals surface area contributed by atoms with Crippen LogP contribution in [0, 0.1) is 101 Å². The number of hydrogen-bond acceptors (Lipinski definition) is 15. The van der Waals surface area contributed by atoms with Crippen LogP contribution < -0.4 is 26.9 Å². The van der Waals surface area contributed by atoms with E-state index in [4.69, 9.17) is 71.3 Å². The zero-order chi connectivity index (χ0) is 84.0. The van der Waals surface area contributed by atoms with Crippen LogP contribution in [0.5, 0.6) is 5.75 Å². The molecular weight excluding hydrogens is 1540 g/mol. The quantitative estimate of drug-likeness (QED) is 0.0694. The van der Waals surface area contributed by atoms with Crippen molar-refractivity contribution in [1.29, 1.82) is 0 Å². The first-order chi connectivity index (χ1) is 53.6. The van der Waals surface area contributed by atoms with Crippen molar-refractivity contribution in [1.82, 2.24) is 34.0 Å². The number of carboxylic acid groups (broad SMARTS) is 1. The number of carbonyl (C=O) groups is 6. The average molecular weight is 1660 g/mol. The molecule has 24 heteroatoms. The normalized spacial score (nSPS) is 34.7. The topological polar surface area (TPSA) is 268 Å². The van der Waals surface area contributed by atoms with Crippen LogP contribution in [0.25, 0.3) is 11.6 Å². The number of esters is 3. The van der Waals surface area contributed by atoms with E-state index < -0.39 is 62.6 Å². The van der Waals surface area contributed by atoms with Crippen LogP contribution in [-0.2, 0) is 62.2 Å². The van der Waals surface area contributed by atoms with E-state index in [1.807, 2.05) is 11.7 Å². The molecular formula is C91H124Cl4N8O12. The second kappa shape index (κ2) is 29.2. The highest BCUT2D eigenvalue weighted by Gasteiger charge is 2.74. The number of carbonyl (C=O) groups excluding carboxylic acids is 5. The average Bonchev–Trinajstić information content (AvgIpc) is 1.61. The summed E-state index contributed by atoms with van der Waals surface area (Å²) in [7, 11) is 1.88. The Hall–Kier alpha value is -5.90. The number of hydrogen-bond donors (Lipinski definition) is 3. The van der Waals surface area contributed by atoms with Gasteiger partial charge in [0.05, 0.1) is 59.4 Å². The van der Waals surface area contributed by atoms with Crippen LogP contribution in [0.4, 0.5) is 0 Å². The minimum Gasteiger partial charge on any atom is -0.481 e. The molecule has 0 saturated heterocycles. The number of aliphatic carboxylic acids is 1. The Labute approximate surface area is 698 Å². The molecule has 628 valence electrons. The van der Waals surface area contributed by atoms with Crippen molar-refractivity contribution in [2.75, 3.05) is 20.1 Å². The molecule has 0 amide bonds. The number of allylic oxidation sites excluding steroid dienone is 4. The van der Waals surface area contributed by atoms with Crippen LogP contribution in [-0.4, -0.2) is 102 Å². The second-order valence-electron chi connectivity index (χ2n) is 41.6. The molecule has 4 aromatic heterocycles. The van der Waals surface area contributed by atoms with Gasteiger partial charge in [-0.15, -0.1) is 0 Å². The Kier molecular flexibility index (Phi) is 21.7. The summed E-state index contributed by atoms with van der Waals surface area (Å²) >= 11 is 28.3. The third-order valence-electron chi connectivity index (χ3n) is 33.7. The van der Waals surface area contributed by atoms with E-state index >= 15 is 9.59 Å². The number of nitrogens with one attached hydrogen (secondary N) is 1. The van der Waals surface area contributed by atoms with Gasteiger partial charge in [-0.25, -0.2) is 9.97 Å². The molecule has 8 saturated carbocycles. The number of rotatable bonds is 20. The molecule has 10 aliphatic rings. The third-order valence-corrected chi connectivity index (χ3v) is 34.9. The molecule has 0 radical (unpaired) electrons. The van der Waals surface area contributed by atoms with E-state index in [9.17, 15) is 33.9 Å². The van der Waals surface area contributed by atoms with Gasteiger partial charge < -0.3 is 30.4 Å². The van der Waals surface area contributed by atoms with Crippen molar-refractivity contribution in [2.45, 2.75) is 289 Å². The van der Waals surface area contributed by atoms with E-state index in [-0.39, 0.29) is 162 Å². The number of fused-ring (bicyclic) bond motifs is 14. The lowest BCUT2D eigenvalue weighted by Gasteiger charge is -2.72. The van der Waals surface area contributed by atoms with Crippen LogP contribution in [0.15, 0.2) is 62.5 Å². The monoisotopic (exact) mass is 1660 g/mol. The highest BCUT2D eigenvalue weighted by molar-refractivity contribution is 6.32. The zero-order valence-corrected chi connectivity index (χ0v) is 74.4. The number of ether oxygens (including phenoxy) is 3. The molecule has 16 atom stereocenters. The summed E-state index contributed by atoms with van der Waals surface area (Å²) < 4.78 is 25.8. The van der Waals surface area contributed by atoms with E-state index in [0.717, 1.165) is 93.8 Å². The van der Waals surface area contributed by atoms with Gasteiger partial charge in [0.2, 0.25) is 0 Å². The fraction of sp³-hybridized carbons (Fsp3) is 0.714. The SMILES string of the molecule is CNCCn1c([C@@]23CC[C@]4(C)C(CC[C@@H]5[C@@]6(C)CCC(OC(=O)CC(C)(C)C(=O)Oc7cc(-n8c(=O)c(Cl)c([C@@]9%10CC[C@]%11(C)[C@H](CC[C@@H]%12[C@@]%13(C)CC[C@H](OC(=O)CC(C)(C)C(=O)O)C(C)(C)[C@@H]%13CC[C@]%12%11C)C9=C(C(C)C)C(=O)C%10)n8CCN)ncc7Cl)C(C)(C)[C@@H]6CC[C@]54C)C2=C(C(C)C)C(=O)C3)c(Cl)c(=O)n1-c1ccc(Cl)cn1. The summed E-state index contributed by atoms with van der Waals surface area (Å²) in [4.78, 5) is 124. The maximum atomic E-state index is 15.3. The lowest BCUT2D eigenvalue weighted by atomic mass is 9.33. The highest BCUT2D eigenvalue weighted by atomic mass is 35.5. The van der Waals surface area contributed by atoms with Gasteiger partial charge in [-0.2, -0.15) is 9.36 Å². The van der Waals surface area contributed by atoms with Gasteiger partial charge >= 0.3 is 23.9 Å². The van der Waals surface area contributed by atoms with E-state index in [2.05, 4.69) is 107 Å². The largest absolute Gasteiger partial charge is 0.481 e. The number of likely N-dealkylation sites (N-methyl/N-ethyl adjacent to an activating group) is 1. The van der Waals surface area contributed by atoms with Gasteiger partial charge in [0.1, 0.15) is 27.3 Å². The fourth-order valence-corrected chi connectivity index (χ4v) is 28.9.